The number of hydrogen-bond acceptors (Lipinski definition) is 5. The Labute approximate surface area is 179 Å². The van der Waals surface area contributed by atoms with Gasteiger partial charge in [0.2, 0.25) is 0 Å². The Kier molecular flexibility index (Phi) is 6.10. The number of aliphatic hydroxyl groups excluding tert-OH is 1. The van der Waals surface area contributed by atoms with E-state index in [2.05, 4.69) is 4.98 Å². The first-order valence-corrected chi connectivity index (χ1v) is 10.1. The molecule has 0 bridgehead atoms. The second-order valence-electron chi connectivity index (χ2n) is 8.92. The fourth-order valence-corrected chi connectivity index (χ4v) is 3.90. The predicted molar refractivity (Wildman–Crippen MR) is 110 cm³/mol. The van der Waals surface area contributed by atoms with Crippen molar-refractivity contribution in [2.45, 2.75) is 58.4 Å². The van der Waals surface area contributed by atoms with Crippen molar-refractivity contribution >= 4 is 11.7 Å². The number of aliphatic hydroxyl groups is 1. The molecule has 1 aliphatic rings. The molecule has 2 aromatic rings. The van der Waals surface area contributed by atoms with Crippen LogP contribution in [0.25, 0.3) is 0 Å². The van der Waals surface area contributed by atoms with Crippen LogP contribution in [-0.2, 0) is 22.9 Å². The number of esters is 1. The number of carbonyl (C=O) groups is 1. The number of rotatable bonds is 4. The number of β-amino-alcohol motifs (C(OH)–C–C–N with tert-alkyl or cyclic N) is 1. The van der Waals surface area contributed by atoms with Gasteiger partial charge in [0.1, 0.15) is 5.82 Å². The van der Waals surface area contributed by atoms with E-state index in [1.165, 1.54) is 13.2 Å². The Bertz CT molecular complexity index is 977. The van der Waals surface area contributed by atoms with Crippen molar-refractivity contribution in [3.63, 3.8) is 0 Å². The summed E-state index contributed by atoms with van der Waals surface area (Å²) in [5.41, 5.74) is -0.167. The highest BCUT2D eigenvalue weighted by atomic mass is 19.4. The van der Waals surface area contributed by atoms with E-state index in [-0.39, 0.29) is 17.8 Å². The molecule has 170 valence electrons. The van der Waals surface area contributed by atoms with E-state index in [4.69, 9.17) is 4.74 Å². The van der Waals surface area contributed by atoms with Crippen LogP contribution in [0.2, 0.25) is 0 Å². The van der Waals surface area contributed by atoms with Gasteiger partial charge in [-0.05, 0) is 31.0 Å². The molecule has 3 rings (SSSR count). The van der Waals surface area contributed by atoms with E-state index in [1.54, 1.807) is 22.5 Å². The number of anilines is 1. The van der Waals surface area contributed by atoms with E-state index < -0.39 is 29.2 Å². The second kappa shape index (κ2) is 8.18. The molecule has 2 heterocycles. The number of alkyl halides is 3. The number of methoxy groups -OCH3 is 1. The highest BCUT2D eigenvalue weighted by Gasteiger charge is 2.36. The Morgan fingerprint density at radius 2 is 1.97 bits per heavy atom. The van der Waals surface area contributed by atoms with Crippen LogP contribution in [0.1, 0.15) is 60.3 Å². The number of imidazole rings is 1. The van der Waals surface area contributed by atoms with E-state index in [9.17, 15) is 23.1 Å². The van der Waals surface area contributed by atoms with E-state index in [1.807, 2.05) is 20.8 Å². The fraction of sp³-hybridized carbons (Fsp3) is 0.545. The highest BCUT2D eigenvalue weighted by Crippen LogP contribution is 2.37. The van der Waals surface area contributed by atoms with Gasteiger partial charge in [0.05, 0.1) is 18.8 Å². The Hall–Kier alpha value is -2.55. The number of hydrogen-bond donors (Lipinski definition) is 1. The molecule has 6 nitrogen and oxygen atoms in total. The summed E-state index contributed by atoms with van der Waals surface area (Å²) in [5, 5.41) is 9.73. The average Bonchev–Trinajstić information content (AvgIpc) is 3.24. The first-order chi connectivity index (χ1) is 14.3. The summed E-state index contributed by atoms with van der Waals surface area (Å²) in [6.07, 6.45) is -4.55. The van der Waals surface area contributed by atoms with Gasteiger partial charge in [0, 0.05) is 36.4 Å². The fourth-order valence-electron chi connectivity index (χ4n) is 3.90. The first kappa shape index (κ1) is 23.1. The Balaban J connectivity index is 2.08. The maximum absolute atomic E-state index is 14.0. The summed E-state index contributed by atoms with van der Waals surface area (Å²) in [4.78, 5) is 18.3. The van der Waals surface area contributed by atoms with Gasteiger partial charge < -0.3 is 19.3 Å². The molecular weight excluding hydrogens is 411 g/mol. The zero-order valence-corrected chi connectivity index (χ0v) is 18.4. The van der Waals surface area contributed by atoms with Gasteiger partial charge in [0.25, 0.3) is 0 Å². The number of halogens is 3. The van der Waals surface area contributed by atoms with Gasteiger partial charge in [-0.15, -0.1) is 0 Å². The van der Waals surface area contributed by atoms with E-state index >= 15 is 0 Å². The van der Waals surface area contributed by atoms with Crippen LogP contribution in [-0.4, -0.2) is 46.9 Å². The molecule has 1 aromatic carbocycles. The molecule has 1 aliphatic heterocycles. The Morgan fingerprint density at radius 1 is 1.29 bits per heavy atom. The molecule has 0 saturated carbocycles. The largest absolute Gasteiger partial charge is 0.464 e. The maximum atomic E-state index is 14.0. The van der Waals surface area contributed by atoms with Crippen LogP contribution in [0.5, 0.6) is 0 Å². The lowest BCUT2D eigenvalue weighted by molar-refractivity contribution is -0.138. The van der Waals surface area contributed by atoms with Gasteiger partial charge in [-0.3, -0.25) is 0 Å². The zero-order chi connectivity index (χ0) is 23.1. The Morgan fingerprint density at radius 3 is 2.48 bits per heavy atom. The molecule has 0 amide bonds. The van der Waals surface area contributed by atoms with Gasteiger partial charge in [-0.2, -0.15) is 13.2 Å². The zero-order valence-electron chi connectivity index (χ0n) is 18.4. The van der Waals surface area contributed by atoms with Gasteiger partial charge in [-0.25, -0.2) is 9.78 Å². The third-order valence-electron chi connectivity index (χ3n) is 5.53. The molecule has 0 spiro atoms. The van der Waals surface area contributed by atoms with Crippen molar-refractivity contribution in [3.8, 4) is 0 Å². The SMILES string of the molecule is COC(=O)c1nc(C(C)(C)C)n(Cc2ccc(N3CC[C@H](O)C3)cc2C(F)(F)F)c1C. The highest BCUT2D eigenvalue weighted by molar-refractivity contribution is 5.88. The summed E-state index contributed by atoms with van der Waals surface area (Å²) in [5.74, 6) is -0.119. The smallest absolute Gasteiger partial charge is 0.416 e. The van der Waals surface area contributed by atoms with Crippen LogP contribution in [0.3, 0.4) is 0 Å². The lowest BCUT2D eigenvalue weighted by Gasteiger charge is -2.24. The summed E-state index contributed by atoms with van der Waals surface area (Å²) >= 11 is 0. The lowest BCUT2D eigenvalue weighted by Crippen LogP contribution is -2.23. The molecule has 0 radical (unpaired) electrons. The van der Waals surface area contributed by atoms with Crippen LogP contribution in [0.15, 0.2) is 18.2 Å². The lowest BCUT2D eigenvalue weighted by atomic mass is 9.95. The summed E-state index contributed by atoms with van der Waals surface area (Å²) in [6, 6.07) is 4.25. The number of nitrogens with zero attached hydrogens (tertiary/aromatic N) is 3. The van der Waals surface area contributed by atoms with E-state index in [0.29, 0.717) is 36.7 Å². The number of carbonyl (C=O) groups excluding carboxylic acids is 1. The van der Waals surface area contributed by atoms with Crippen molar-refractivity contribution in [2.24, 2.45) is 0 Å². The monoisotopic (exact) mass is 439 g/mol. The summed E-state index contributed by atoms with van der Waals surface area (Å²) in [7, 11) is 1.24. The van der Waals surface area contributed by atoms with E-state index in [0.717, 1.165) is 6.07 Å². The molecule has 31 heavy (non-hydrogen) atoms. The van der Waals surface area contributed by atoms with Gasteiger partial charge in [0.15, 0.2) is 5.69 Å². The first-order valence-electron chi connectivity index (χ1n) is 10.1. The molecule has 0 aliphatic carbocycles. The number of benzene rings is 1. The van der Waals surface area contributed by atoms with Crippen LogP contribution < -0.4 is 4.90 Å². The standard InChI is InChI=1S/C22H28F3N3O3/c1-13-18(19(30)31-5)26-20(21(2,3)4)28(13)11-14-6-7-15(10-17(14)22(23,24)25)27-9-8-16(29)12-27/h6-7,10,16,29H,8-9,11-12H2,1-5H3/t16-/m0/s1. The summed E-state index contributed by atoms with van der Waals surface area (Å²) in [6.45, 7) is 8.06. The molecule has 1 aromatic heterocycles. The second-order valence-corrected chi connectivity index (χ2v) is 8.92. The molecule has 1 saturated heterocycles. The number of aromatic nitrogens is 2. The summed E-state index contributed by atoms with van der Waals surface area (Å²) < 4.78 is 48.3. The minimum Gasteiger partial charge on any atom is -0.464 e. The maximum Gasteiger partial charge on any atom is 0.416 e. The topological polar surface area (TPSA) is 67.6 Å². The average molecular weight is 439 g/mol. The minimum absolute atomic E-state index is 0.0819. The minimum atomic E-state index is -4.55. The molecular formula is C22H28F3N3O3. The van der Waals surface area contributed by atoms with Gasteiger partial charge >= 0.3 is 12.1 Å². The third-order valence-corrected chi connectivity index (χ3v) is 5.53. The quantitative estimate of drug-likeness (QED) is 0.732. The molecule has 1 fully saturated rings. The molecule has 0 unspecified atom stereocenters. The molecule has 1 atom stereocenters. The van der Waals surface area contributed by atoms with Crippen molar-refractivity contribution in [1.82, 2.24) is 9.55 Å². The van der Waals surface area contributed by atoms with Crippen molar-refractivity contribution in [3.05, 3.63) is 46.5 Å². The van der Waals surface area contributed by atoms with Crippen LogP contribution >= 0.6 is 0 Å². The van der Waals surface area contributed by atoms with Gasteiger partial charge in [-0.1, -0.05) is 26.8 Å². The van der Waals surface area contributed by atoms with Crippen molar-refractivity contribution < 1.29 is 27.8 Å². The van der Waals surface area contributed by atoms with Crippen molar-refractivity contribution in [2.75, 3.05) is 25.1 Å². The van der Waals surface area contributed by atoms with Crippen LogP contribution in [0, 0.1) is 6.92 Å². The van der Waals surface area contributed by atoms with Crippen molar-refractivity contribution in [1.29, 1.82) is 0 Å². The molecule has 1 N–H and O–H groups in total. The third kappa shape index (κ3) is 4.71. The normalized spacial score (nSPS) is 17.3. The van der Waals surface area contributed by atoms with Crippen LogP contribution in [0.4, 0.5) is 18.9 Å². The molecule has 9 heteroatoms. The predicted octanol–water partition coefficient (Wildman–Crippen LogP) is 3.91. The number of ether oxygens (including phenoxy) is 1.